The maximum absolute atomic E-state index is 12.4. The van der Waals surface area contributed by atoms with E-state index < -0.39 is 0 Å². The lowest BCUT2D eigenvalue weighted by atomic mass is 10.1. The Morgan fingerprint density at radius 1 is 1.14 bits per heavy atom. The van der Waals surface area contributed by atoms with Crippen molar-refractivity contribution in [1.29, 1.82) is 0 Å². The fraction of sp³-hybridized carbons (Fsp3) is 0.273. The van der Waals surface area contributed by atoms with Gasteiger partial charge in [0.2, 0.25) is 0 Å². The summed E-state index contributed by atoms with van der Waals surface area (Å²) in [6.45, 7) is 5.78. The second kappa shape index (κ2) is 9.07. The number of ether oxygens (including phenoxy) is 2. The number of aromatic nitrogens is 1. The van der Waals surface area contributed by atoms with Gasteiger partial charge in [-0.1, -0.05) is 12.1 Å². The highest BCUT2D eigenvalue weighted by molar-refractivity contribution is 7.14. The molecule has 0 saturated carbocycles. The van der Waals surface area contributed by atoms with Gasteiger partial charge in [-0.15, -0.1) is 11.3 Å². The van der Waals surface area contributed by atoms with Crippen molar-refractivity contribution >= 4 is 28.1 Å². The largest absolute Gasteiger partial charge is 0.494 e. The molecule has 6 nitrogen and oxygen atoms in total. The van der Waals surface area contributed by atoms with Gasteiger partial charge in [-0.05, 0) is 43.3 Å². The zero-order chi connectivity index (χ0) is 20.1. The molecule has 4 rings (SSSR count). The van der Waals surface area contributed by atoms with Crippen LogP contribution in [0.5, 0.6) is 5.75 Å². The first-order valence-electron chi connectivity index (χ1n) is 9.66. The van der Waals surface area contributed by atoms with Crippen LogP contribution in [-0.2, 0) is 4.74 Å². The summed E-state index contributed by atoms with van der Waals surface area (Å²) in [4.78, 5) is 19.4. The number of hydrogen-bond acceptors (Lipinski definition) is 6. The number of nitrogens with zero attached hydrogens (tertiary/aromatic N) is 2. The number of benzene rings is 2. The summed E-state index contributed by atoms with van der Waals surface area (Å²) in [5.41, 5.74) is 3.31. The molecule has 0 aliphatic carbocycles. The molecule has 0 bridgehead atoms. The molecule has 0 atom stereocenters. The third-order valence-electron chi connectivity index (χ3n) is 4.64. The fourth-order valence-electron chi connectivity index (χ4n) is 3.09. The lowest BCUT2D eigenvalue weighted by molar-refractivity contribution is 0.102. The topological polar surface area (TPSA) is 63.7 Å². The number of rotatable bonds is 6. The number of carbonyl (C=O) groups excluding carboxylic acids is 1. The van der Waals surface area contributed by atoms with Gasteiger partial charge in [-0.2, -0.15) is 0 Å². The van der Waals surface area contributed by atoms with Crippen LogP contribution in [0.1, 0.15) is 17.3 Å². The predicted octanol–water partition coefficient (Wildman–Crippen LogP) is 4.30. The number of carbonyl (C=O) groups is 1. The molecule has 150 valence electrons. The molecular formula is C22H23N3O3S. The van der Waals surface area contributed by atoms with Crippen molar-refractivity contribution in [2.75, 3.05) is 43.1 Å². The number of amides is 1. The first-order chi connectivity index (χ1) is 14.2. The van der Waals surface area contributed by atoms with Crippen molar-refractivity contribution in [3.63, 3.8) is 0 Å². The standard InChI is InChI=1S/C22H23N3O3S/c1-2-28-19-9-5-17(6-10-19)21(26)23-18-7-3-16(4-8-18)20-15-29-22(24-20)25-11-13-27-14-12-25/h3-10,15H,2,11-14H2,1H3,(H,23,26). The van der Waals surface area contributed by atoms with Crippen molar-refractivity contribution in [2.45, 2.75) is 6.92 Å². The fourth-order valence-corrected chi connectivity index (χ4v) is 3.98. The first-order valence-corrected chi connectivity index (χ1v) is 10.5. The molecule has 2 aromatic carbocycles. The van der Waals surface area contributed by atoms with Gasteiger partial charge in [0.1, 0.15) is 5.75 Å². The lowest BCUT2D eigenvalue weighted by Gasteiger charge is -2.26. The first kappa shape index (κ1) is 19.4. The SMILES string of the molecule is CCOc1ccc(C(=O)Nc2ccc(-c3csc(N4CCOCC4)n3)cc2)cc1. The average molecular weight is 410 g/mol. The van der Waals surface area contributed by atoms with Crippen molar-refractivity contribution in [3.05, 3.63) is 59.5 Å². The van der Waals surface area contributed by atoms with Crippen LogP contribution in [0.2, 0.25) is 0 Å². The molecule has 0 spiro atoms. The summed E-state index contributed by atoms with van der Waals surface area (Å²) < 4.78 is 10.8. The molecular weight excluding hydrogens is 386 g/mol. The van der Waals surface area contributed by atoms with Gasteiger partial charge < -0.3 is 19.7 Å². The van der Waals surface area contributed by atoms with Crippen molar-refractivity contribution in [2.24, 2.45) is 0 Å². The van der Waals surface area contributed by atoms with Crippen LogP contribution >= 0.6 is 11.3 Å². The molecule has 1 aromatic heterocycles. The molecule has 1 fully saturated rings. The Hall–Kier alpha value is -2.90. The van der Waals surface area contributed by atoms with E-state index in [0.29, 0.717) is 12.2 Å². The Labute approximate surface area is 174 Å². The number of nitrogens with one attached hydrogen (secondary N) is 1. The molecule has 1 aliphatic heterocycles. The summed E-state index contributed by atoms with van der Waals surface area (Å²) in [5.74, 6) is 0.608. The third kappa shape index (κ3) is 4.75. The summed E-state index contributed by atoms with van der Waals surface area (Å²) in [6, 6.07) is 14.9. The quantitative estimate of drug-likeness (QED) is 0.658. The van der Waals surface area contributed by atoms with Crippen LogP contribution in [0, 0.1) is 0 Å². The number of morpholine rings is 1. The minimum atomic E-state index is -0.149. The number of thiazole rings is 1. The van der Waals surface area contributed by atoms with E-state index in [9.17, 15) is 4.79 Å². The zero-order valence-electron chi connectivity index (χ0n) is 16.3. The van der Waals surface area contributed by atoms with E-state index in [4.69, 9.17) is 14.5 Å². The zero-order valence-corrected chi connectivity index (χ0v) is 17.1. The second-order valence-electron chi connectivity index (χ2n) is 6.60. The smallest absolute Gasteiger partial charge is 0.255 e. The van der Waals surface area contributed by atoms with Crippen molar-refractivity contribution < 1.29 is 14.3 Å². The molecule has 3 aromatic rings. The Bertz CT molecular complexity index is 948. The van der Waals surface area contributed by atoms with E-state index in [1.807, 2.05) is 31.2 Å². The predicted molar refractivity (Wildman–Crippen MR) is 116 cm³/mol. The maximum Gasteiger partial charge on any atom is 0.255 e. The Kier molecular flexibility index (Phi) is 6.07. The van der Waals surface area contributed by atoms with E-state index in [1.165, 1.54) is 0 Å². The highest BCUT2D eigenvalue weighted by atomic mass is 32.1. The van der Waals surface area contributed by atoms with Gasteiger partial charge in [-0.25, -0.2) is 4.98 Å². The molecule has 0 radical (unpaired) electrons. The van der Waals surface area contributed by atoms with E-state index in [1.54, 1.807) is 35.6 Å². The van der Waals surface area contributed by atoms with Crippen LogP contribution in [0.3, 0.4) is 0 Å². The normalized spacial score (nSPS) is 13.9. The summed E-state index contributed by atoms with van der Waals surface area (Å²) in [7, 11) is 0. The van der Waals surface area contributed by atoms with Gasteiger partial charge in [0.25, 0.3) is 5.91 Å². The van der Waals surface area contributed by atoms with E-state index >= 15 is 0 Å². The minimum Gasteiger partial charge on any atom is -0.494 e. The van der Waals surface area contributed by atoms with Crippen LogP contribution in [0.15, 0.2) is 53.9 Å². The Morgan fingerprint density at radius 2 is 1.86 bits per heavy atom. The van der Waals surface area contributed by atoms with Gasteiger partial charge in [0.15, 0.2) is 5.13 Å². The molecule has 1 aliphatic rings. The van der Waals surface area contributed by atoms with Gasteiger partial charge in [-0.3, -0.25) is 4.79 Å². The van der Waals surface area contributed by atoms with Crippen LogP contribution in [0.25, 0.3) is 11.3 Å². The maximum atomic E-state index is 12.4. The summed E-state index contributed by atoms with van der Waals surface area (Å²) >= 11 is 1.65. The van der Waals surface area contributed by atoms with Crippen LogP contribution < -0.4 is 15.0 Å². The van der Waals surface area contributed by atoms with Crippen LogP contribution in [0.4, 0.5) is 10.8 Å². The Balaban J connectivity index is 1.40. The molecule has 1 amide bonds. The minimum absolute atomic E-state index is 0.149. The van der Waals surface area contributed by atoms with Gasteiger partial charge in [0.05, 0.1) is 25.5 Å². The molecule has 7 heteroatoms. The molecule has 1 saturated heterocycles. The summed E-state index contributed by atoms with van der Waals surface area (Å²) in [5, 5.41) is 6.02. The molecule has 0 unspecified atom stereocenters. The van der Waals surface area contributed by atoms with E-state index in [2.05, 4.69) is 15.6 Å². The van der Waals surface area contributed by atoms with Gasteiger partial charge in [0, 0.05) is 35.3 Å². The molecule has 2 heterocycles. The van der Waals surface area contributed by atoms with Crippen LogP contribution in [-0.4, -0.2) is 43.8 Å². The number of hydrogen-bond donors (Lipinski definition) is 1. The average Bonchev–Trinajstić information content (AvgIpc) is 3.26. The van der Waals surface area contributed by atoms with E-state index in [0.717, 1.165) is 54.1 Å². The van der Waals surface area contributed by atoms with E-state index in [-0.39, 0.29) is 5.91 Å². The highest BCUT2D eigenvalue weighted by Gasteiger charge is 2.15. The van der Waals surface area contributed by atoms with Crippen molar-refractivity contribution in [3.8, 4) is 17.0 Å². The Morgan fingerprint density at radius 3 is 2.55 bits per heavy atom. The number of anilines is 2. The monoisotopic (exact) mass is 409 g/mol. The summed E-state index contributed by atoms with van der Waals surface area (Å²) in [6.07, 6.45) is 0. The lowest BCUT2D eigenvalue weighted by Crippen LogP contribution is -2.36. The molecule has 29 heavy (non-hydrogen) atoms. The van der Waals surface area contributed by atoms with Gasteiger partial charge >= 0.3 is 0 Å². The highest BCUT2D eigenvalue weighted by Crippen LogP contribution is 2.28. The third-order valence-corrected chi connectivity index (χ3v) is 5.54. The molecule has 1 N–H and O–H groups in total. The van der Waals surface area contributed by atoms with Crippen molar-refractivity contribution in [1.82, 2.24) is 4.98 Å². The second-order valence-corrected chi connectivity index (χ2v) is 7.44.